The molecule has 0 spiro atoms. The third-order valence-electron chi connectivity index (χ3n) is 1.26. The van der Waals surface area contributed by atoms with Crippen molar-refractivity contribution < 1.29 is 10.0 Å². The Balaban J connectivity index is 4.18. The Kier molecular flexibility index (Phi) is 3.69. The lowest BCUT2D eigenvalue weighted by Gasteiger charge is -2.01. The fourth-order valence-corrected chi connectivity index (χ4v) is 0.627. The van der Waals surface area contributed by atoms with Crippen molar-refractivity contribution >= 4 is 11.5 Å². The van der Waals surface area contributed by atoms with Gasteiger partial charge in [-0.05, 0) is 6.42 Å². The molecule has 1 N–H and O–H groups in total. The van der Waals surface area contributed by atoms with Gasteiger partial charge in [0.1, 0.15) is 5.71 Å². The Morgan fingerprint density at radius 2 is 2.10 bits per heavy atom. The molecule has 0 amide bonds. The molecule has 0 aliphatic rings. The van der Waals surface area contributed by atoms with Gasteiger partial charge in [0.15, 0.2) is 5.78 Å². The topological polar surface area (TPSA) is 49.7 Å². The van der Waals surface area contributed by atoms with E-state index in [1.807, 2.05) is 0 Å². The summed E-state index contributed by atoms with van der Waals surface area (Å²) in [4.78, 5) is 11.0. The zero-order valence-corrected chi connectivity index (χ0v) is 6.59. The molecule has 0 aliphatic heterocycles. The largest absolute Gasteiger partial charge is 0.411 e. The summed E-state index contributed by atoms with van der Waals surface area (Å²) in [6.45, 7) is 5.35. The molecule has 0 aromatic rings. The normalized spacial score (nSPS) is 12.2. The number of carbonyl (C=O) groups excluding carboxylic acids is 1. The Morgan fingerprint density at radius 1 is 1.60 bits per heavy atom. The smallest absolute Gasteiger partial charge is 0.182 e. The first-order valence-electron chi connectivity index (χ1n) is 3.38. The fourth-order valence-electron chi connectivity index (χ4n) is 0.627. The molecule has 3 nitrogen and oxygen atoms in total. The van der Waals surface area contributed by atoms with Crippen LogP contribution in [0.2, 0.25) is 0 Å². The van der Waals surface area contributed by atoms with Crippen LogP contribution in [0.4, 0.5) is 0 Å². The maximum absolute atomic E-state index is 11.0. The van der Waals surface area contributed by atoms with Crippen molar-refractivity contribution in [3.63, 3.8) is 0 Å². The van der Waals surface area contributed by atoms with Gasteiger partial charge in [-0.25, -0.2) is 0 Å². The van der Waals surface area contributed by atoms with Gasteiger partial charge >= 0.3 is 0 Å². The van der Waals surface area contributed by atoms with Gasteiger partial charge in [0.2, 0.25) is 0 Å². The second-order valence-electron chi connectivity index (χ2n) is 2.42. The summed E-state index contributed by atoms with van der Waals surface area (Å²) in [7, 11) is 0. The average molecular weight is 143 g/mol. The number of hydrogen-bond donors (Lipinski definition) is 1. The van der Waals surface area contributed by atoms with Crippen molar-refractivity contribution in [1.29, 1.82) is 0 Å². The van der Waals surface area contributed by atoms with E-state index in [9.17, 15) is 4.79 Å². The maximum atomic E-state index is 11.0. The van der Waals surface area contributed by atoms with Crippen LogP contribution in [0.5, 0.6) is 0 Å². The number of rotatable bonds is 3. The van der Waals surface area contributed by atoms with Crippen LogP contribution in [-0.2, 0) is 4.79 Å². The van der Waals surface area contributed by atoms with Gasteiger partial charge in [-0.15, -0.1) is 0 Å². The summed E-state index contributed by atoms with van der Waals surface area (Å²) in [5.74, 6) is -0.157. The molecule has 10 heavy (non-hydrogen) atoms. The zero-order valence-electron chi connectivity index (χ0n) is 6.59. The van der Waals surface area contributed by atoms with Crippen molar-refractivity contribution in [2.75, 3.05) is 0 Å². The van der Waals surface area contributed by atoms with Crippen molar-refractivity contribution in [2.45, 2.75) is 27.2 Å². The Morgan fingerprint density at radius 3 is 2.20 bits per heavy atom. The minimum Gasteiger partial charge on any atom is -0.411 e. The predicted molar refractivity (Wildman–Crippen MR) is 39.4 cm³/mol. The quantitative estimate of drug-likeness (QED) is 0.369. The van der Waals surface area contributed by atoms with Crippen molar-refractivity contribution in [3.05, 3.63) is 0 Å². The lowest BCUT2D eigenvalue weighted by molar-refractivity contribution is -0.115. The van der Waals surface area contributed by atoms with Crippen molar-refractivity contribution in [2.24, 2.45) is 11.1 Å². The summed E-state index contributed by atoms with van der Waals surface area (Å²) in [6.07, 6.45) is 0.494. The van der Waals surface area contributed by atoms with E-state index in [0.717, 1.165) is 0 Å². The predicted octanol–water partition coefficient (Wildman–Crippen LogP) is 1.45. The molecule has 0 heterocycles. The monoisotopic (exact) mass is 143 g/mol. The Bertz CT molecular complexity index is 150. The maximum Gasteiger partial charge on any atom is 0.182 e. The lowest BCUT2D eigenvalue weighted by Crippen LogP contribution is -2.18. The number of ketones is 1. The van der Waals surface area contributed by atoms with Gasteiger partial charge in [-0.1, -0.05) is 25.9 Å². The van der Waals surface area contributed by atoms with E-state index in [2.05, 4.69) is 5.16 Å². The molecule has 3 heteroatoms. The molecule has 0 saturated carbocycles. The van der Waals surface area contributed by atoms with Crippen LogP contribution >= 0.6 is 0 Å². The van der Waals surface area contributed by atoms with Crippen molar-refractivity contribution in [3.8, 4) is 0 Å². The van der Waals surface area contributed by atoms with E-state index in [4.69, 9.17) is 5.21 Å². The highest BCUT2D eigenvalue weighted by Gasteiger charge is 2.13. The molecule has 0 fully saturated rings. The molecule has 0 saturated heterocycles. The van der Waals surface area contributed by atoms with Crippen LogP contribution in [0.25, 0.3) is 0 Å². The van der Waals surface area contributed by atoms with E-state index >= 15 is 0 Å². The molecular formula is C7H13NO2. The third-order valence-corrected chi connectivity index (χ3v) is 1.26. The third kappa shape index (κ3) is 2.17. The lowest BCUT2D eigenvalue weighted by atomic mass is 10.0. The highest BCUT2D eigenvalue weighted by molar-refractivity contribution is 6.40. The first kappa shape index (κ1) is 9.14. The van der Waals surface area contributed by atoms with E-state index in [-0.39, 0.29) is 17.4 Å². The molecule has 0 bridgehead atoms. The van der Waals surface area contributed by atoms with Crippen LogP contribution in [0, 0.1) is 5.92 Å². The van der Waals surface area contributed by atoms with Gasteiger partial charge in [0, 0.05) is 5.92 Å². The molecule has 0 unspecified atom stereocenters. The molecule has 0 aromatic carbocycles. The second-order valence-corrected chi connectivity index (χ2v) is 2.42. The van der Waals surface area contributed by atoms with E-state index < -0.39 is 0 Å². The molecule has 0 aliphatic carbocycles. The standard InChI is InChI=1S/C7H13NO2/c1-4-6(8-10)7(9)5(2)3/h5,10H,4H2,1-3H3/b8-6+. The summed E-state index contributed by atoms with van der Waals surface area (Å²) >= 11 is 0. The minimum absolute atomic E-state index is 0.0779. The van der Waals surface area contributed by atoms with Gasteiger partial charge in [-0.2, -0.15) is 0 Å². The number of nitrogens with zero attached hydrogens (tertiary/aromatic N) is 1. The van der Waals surface area contributed by atoms with Crippen LogP contribution < -0.4 is 0 Å². The van der Waals surface area contributed by atoms with Crippen LogP contribution in [0.1, 0.15) is 27.2 Å². The number of Topliss-reactive ketones (excluding diaryl/α,β-unsaturated/α-hetero) is 1. The van der Waals surface area contributed by atoms with Gasteiger partial charge in [0.05, 0.1) is 0 Å². The number of carbonyl (C=O) groups is 1. The number of hydrogen-bond acceptors (Lipinski definition) is 3. The number of oxime groups is 1. The summed E-state index contributed by atoms with van der Waals surface area (Å²) in [5.41, 5.74) is 0.259. The van der Waals surface area contributed by atoms with Gasteiger partial charge in [-0.3, -0.25) is 4.79 Å². The molecule has 0 rings (SSSR count). The molecule has 0 atom stereocenters. The summed E-state index contributed by atoms with van der Waals surface area (Å²) in [5, 5.41) is 11.2. The molecule has 0 aromatic heterocycles. The van der Waals surface area contributed by atoms with Gasteiger partial charge in [0.25, 0.3) is 0 Å². The average Bonchev–Trinajstić information content (AvgIpc) is 1.90. The molecule has 58 valence electrons. The van der Waals surface area contributed by atoms with Crippen molar-refractivity contribution in [1.82, 2.24) is 0 Å². The van der Waals surface area contributed by atoms with Crippen LogP contribution in [0.15, 0.2) is 5.16 Å². The Labute approximate surface area is 60.7 Å². The van der Waals surface area contributed by atoms with E-state index in [0.29, 0.717) is 6.42 Å². The van der Waals surface area contributed by atoms with E-state index in [1.165, 1.54) is 0 Å². The molecular weight excluding hydrogens is 130 g/mol. The summed E-state index contributed by atoms with van der Waals surface area (Å²) in [6, 6.07) is 0. The highest BCUT2D eigenvalue weighted by Crippen LogP contribution is 1.98. The zero-order chi connectivity index (χ0) is 8.15. The van der Waals surface area contributed by atoms with Crippen LogP contribution in [-0.4, -0.2) is 16.7 Å². The highest BCUT2D eigenvalue weighted by atomic mass is 16.4. The second kappa shape index (κ2) is 4.04. The first-order valence-corrected chi connectivity index (χ1v) is 3.38. The van der Waals surface area contributed by atoms with Gasteiger partial charge < -0.3 is 5.21 Å². The fraction of sp³-hybridized carbons (Fsp3) is 0.714. The Hall–Kier alpha value is -0.860. The first-order chi connectivity index (χ1) is 4.63. The van der Waals surface area contributed by atoms with E-state index in [1.54, 1.807) is 20.8 Å². The minimum atomic E-state index is -0.0787. The summed E-state index contributed by atoms with van der Waals surface area (Å²) < 4.78 is 0. The van der Waals surface area contributed by atoms with Crippen LogP contribution in [0.3, 0.4) is 0 Å². The SMILES string of the molecule is CC/C(=N\O)C(=O)C(C)C. The molecule has 0 radical (unpaired) electrons.